The number of carbonyl (C=O) groups is 1. The Hall–Kier alpha value is -1.36. The van der Waals surface area contributed by atoms with E-state index < -0.39 is 0 Å². The van der Waals surface area contributed by atoms with Gasteiger partial charge in [-0.2, -0.15) is 0 Å². The number of hydrogen-bond donors (Lipinski definition) is 1. The molecule has 0 aromatic carbocycles. The number of amides is 1. The second-order valence-corrected chi connectivity index (χ2v) is 3.91. The maximum Gasteiger partial charge on any atom is 0.219 e. The molecule has 1 aromatic rings. The number of ether oxygens (including phenoxy) is 1. The van der Waals surface area contributed by atoms with Crippen LogP contribution >= 0.6 is 0 Å². The van der Waals surface area contributed by atoms with Gasteiger partial charge in [0.25, 0.3) is 0 Å². The summed E-state index contributed by atoms with van der Waals surface area (Å²) in [5.74, 6) is 1.08. The number of nitrogens with one attached hydrogen (secondary N) is 1. The summed E-state index contributed by atoms with van der Waals surface area (Å²) >= 11 is 0. The molecule has 0 fully saturated rings. The zero-order chi connectivity index (χ0) is 12.7. The second kappa shape index (κ2) is 7.06. The summed E-state index contributed by atoms with van der Waals surface area (Å²) in [6.07, 6.45) is 3.13. The van der Waals surface area contributed by atoms with Crippen LogP contribution in [0.5, 0.6) is 0 Å². The number of nitrogens with zero attached hydrogens (tertiary/aromatic N) is 2. The summed E-state index contributed by atoms with van der Waals surface area (Å²) < 4.78 is 7.19. The summed E-state index contributed by atoms with van der Waals surface area (Å²) in [5.41, 5.74) is 1.12. The Balaban J connectivity index is 2.49. The van der Waals surface area contributed by atoms with Crippen LogP contribution in [0.3, 0.4) is 0 Å². The Labute approximate surface area is 102 Å². The number of imidazole rings is 1. The second-order valence-electron chi connectivity index (χ2n) is 3.91. The predicted octanol–water partition coefficient (Wildman–Crippen LogP) is 0.907. The molecule has 0 saturated carbocycles. The highest BCUT2D eigenvalue weighted by Gasteiger charge is 2.06. The molecule has 1 amide bonds. The normalized spacial score (nSPS) is 10.5. The van der Waals surface area contributed by atoms with Crippen LogP contribution in [-0.2, 0) is 22.5 Å². The van der Waals surface area contributed by atoms with Crippen molar-refractivity contribution in [2.45, 2.75) is 33.2 Å². The molecule has 1 heterocycles. The van der Waals surface area contributed by atoms with Crippen molar-refractivity contribution < 1.29 is 9.53 Å². The summed E-state index contributed by atoms with van der Waals surface area (Å²) in [5, 5.41) is 2.85. The van der Waals surface area contributed by atoms with Gasteiger partial charge < -0.3 is 14.6 Å². The molecule has 1 rings (SSSR count). The number of carbonyl (C=O) groups excluding carboxylic acids is 1. The van der Waals surface area contributed by atoms with Crippen molar-refractivity contribution in [3.8, 4) is 0 Å². The third-order valence-electron chi connectivity index (χ3n) is 2.65. The van der Waals surface area contributed by atoms with E-state index in [2.05, 4.69) is 14.9 Å². The number of methoxy groups -OCH3 is 1. The first-order chi connectivity index (χ1) is 8.19. The molecule has 5 nitrogen and oxygen atoms in total. The molecule has 0 saturated heterocycles. The van der Waals surface area contributed by atoms with Gasteiger partial charge in [0.1, 0.15) is 5.82 Å². The zero-order valence-corrected chi connectivity index (χ0v) is 10.8. The third kappa shape index (κ3) is 4.19. The molecular formula is C12H21N3O2. The highest BCUT2D eigenvalue weighted by molar-refractivity contribution is 5.75. The molecule has 96 valence electrons. The van der Waals surface area contributed by atoms with E-state index in [1.165, 1.54) is 0 Å². The van der Waals surface area contributed by atoms with Crippen molar-refractivity contribution >= 4 is 5.91 Å². The van der Waals surface area contributed by atoms with Gasteiger partial charge in [-0.05, 0) is 6.92 Å². The fraction of sp³-hybridized carbons (Fsp3) is 0.667. The van der Waals surface area contributed by atoms with Crippen LogP contribution in [0.4, 0.5) is 0 Å². The van der Waals surface area contributed by atoms with E-state index in [4.69, 9.17) is 4.74 Å². The van der Waals surface area contributed by atoms with E-state index >= 15 is 0 Å². The van der Waals surface area contributed by atoms with Crippen LogP contribution in [0.1, 0.15) is 24.9 Å². The van der Waals surface area contributed by atoms with Crippen molar-refractivity contribution in [1.29, 1.82) is 0 Å². The van der Waals surface area contributed by atoms with Gasteiger partial charge >= 0.3 is 0 Å². The lowest BCUT2D eigenvalue weighted by atomic mass is 10.3. The van der Waals surface area contributed by atoms with Crippen molar-refractivity contribution in [3.05, 3.63) is 17.7 Å². The molecule has 1 aromatic heterocycles. The first kappa shape index (κ1) is 13.7. The first-order valence-corrected chi connectivity index (χ1v) is 5.95. The maximum atomic E-state index is 11.1. The molecule has 0 aliphatic carbocycles. The van der Waals surface area contributed by atoms with Crippen LogP contribution in [0.2, 0.25) is 0 Å². The average Bonchev–Trinajstić information content (AvgIpc) is 2.67. The van der Waals surface area contributed by atoms with Crippen molar-refractivity contribution in [3.63, 3.8) is 0 Å². The van der Waals surface area contributed by atoms with Crippen LogP contribution in [0.25, 0.3) is 0 Å². The van der Waals surface area contributed by atoms with Crippen LogP contribution in [-0.4, -0.2) is 35.7 Å². The van der Waals surface area contributed by atoms with Gasteiger partial charge in [-0.1, -0.05) is 6.92 Å². The van der Waals surface area contributed by atoms with Gasteiger partial charge in [0.05, 0.1) is 6.61 Å². The molecule has 0 unspecified atom stereocenters. The molecule has 17 heavy (non-hydrogen) atoms. The number of aromatic nitrogens is 2. The molecular weight excluding hydrogens is 218 g/mol. The topological polar surface area (TPSA) is 56.2 Å². The minimum atomic E-state index is 0.0803. The van der Waals surface area contributed by atoms with Crippen molar-refractivity contribution in [2.24, 2.45) is 0 Å². The smallest absolute Gasteiger partial charge is 0.219 e. The fourth-order valence-electron chi connectivity index (χ4n) is 1.64. The van der Waals surface area contributed by atoms with Crippen LogP contribution < -0.4 is 5.32 Å². The summed E-state index contributed by atoms with van der Waals surface area (Å²) in [6, 6.07) is 0. The van der Waals surface area contributed by atoms with Gasteiger partial charge in [0.2, 0.25) is 5.91 Å². The molecule has 5 heteroatoms. The van der Waals surface area contributed by atoms with Crippen molar-refractivity contribution in [2.75, 3.05) is 20.3 Å². The standard InChI is InChI=1S/C12H21N3O2/c1-4-12(16)13-6-5-11-14-9-10(2)15(11)7-8-17-3/h9H,4-8H2,1-3H3,(H,13,16). The molecule has 0 bridgehead atoms. The van der Waals surface area contributed by atoms with Crippen molar-refractivity contribution in [1.82, 2.24) is 14.9 Å². The van der Waals surface area contributed by atoms with E-state index in [1.54, 1.807) is 7.11 Å². The predicted molar refractivity (Wildman–Crippen MR) is 65.8 cm³/mol. The summed E-state index contributed by atoms with van der Waals surface area (Å²) in [7, 11) is 1.69. The number of rotatable bonds is 7. The Morgan fingerprint density at radius 3 is 3.00 bits per heavy atom. The van der Waals surface area contributed by atoms with Gasteiger partial charge in [0, 0.05) is 44.9 Å². The Morgan fingerprint density at radius 2 is 2.35 bits per heavy atom. The Morgan fingerprint density at radius 1 is 1.59 bits per heavy atom. The van der Waals surface area contributed by atoms with E-state index in [0.717, 1.165) is 24.5 Å². The number of hydrogen-bond acceptors (Lipinski definition) is 3. The lowest BCUT2D eigenvalue weighted by Crippen LogP contribution is -2.25. The first-order valence-electron chi connectivity index (χ1n) is 5.95. The minimum absolute atomic E-state index is 0.0803. The molecule has 0 aliphatic heterocycles. The average molecular weight is 239 g/mol. The molecule has 0 aliphatic rings. The van der Waals surface area contributed by atoms with Gasteiger partial charge in [-0.15, -0.1) is 0 Å². The van der Waals surface area contributed by atoms with Crippen LogP contribution in [0, 0.1) is 6.92 Å². The SMILES string of the molecule is CCC(=O)NCCc1ncc(C)n1CCOC. The highest BCUT2D eigenvalue weighted by atomic mass is 16.5. The Kier molecular flexibility index (Phi) is 5.69. The minimum Gasteiger partial charge on any atom is -0.383 e. The van der Waals surface area contributed by atoms with E-state index in [-0.39, 0.29) is 5.91 Å². The summed E-state index contributed by atoms with van der Waals surface area (Å²) in [6.45, 7) is 5.98. The van der Waals surface area contributed by atoms with Crippen LogP contribution in [0.15, 0.2) is 6.20 Å². The van der Waals surface area contributed by atoms with E-state index in [0.29, 0.717) is 19.6 Å². The van der Waals surface area contributed by atoms with Gasteiger partial charge in [-0.3, -0.25) is 4.79 Å². The maximum absolute atomic E-state index is 11.1. The largest absolute Gasteiger partial charge is 0.383 e. The summed E-state index contributed by atoms with van der Waals surface area (Å²) in [4.78, 5) is 15.5. The molecule has 0 atom stereocenters. The zero-order valence-electron chi connectivity index (χ0n) is 10.8. The molecule has 1 N–H and O–H groups in total. The van der Waals surface area contributed by atoms with Gasteiger partial charge in [-0.25, -0.2) is 4.98 Å². The molecule has 0 radical (unpaired) electrons. The van der Waals surface area contributed by atoms with E-state index in [9.17, 15) is 4.79 Å². The fourth-order valence-corrected chi connectivity index (χ4v) is 1.64. The molecule has 0 spiro atoms. The lowest BCUT2D eigenvalue weighted by Gasteiger charge is -2.09. The van der Waals surface area contributed by atoms with Gasteiger partial charge in [0.15, 0.2) is 0 Å². The van der Waals surface area contributed by atoms with E-state index in [1.807, 2.05) is 20.0 Å². The lowest BCUT2D eigenvalue weighted by molar-refractivity contribution is -0.120. The number of aryl methyl sites for hydroxylation is 1. The Bertz CT molecular complexity index is 361. The quantitative estimate of drug-likeness (QED) is 0.769. The highest BCUT2D eigenvalue weighted by Crippen LogP contribution is 2.04. The monoisotopic (exact) mass is 239 g/mol. The third-order valence-corrected chi connectivity index (χ3v) is 2.65.